The fourth-order valence-electron chi connectivity index (χ4n) is 2.54. The molecule has 0 spiro atoms. The van der Waals surface area contributed by atoms with E-state index in [4.69, 9.17) is 0 Å². The molecule has 2 N–H and O–H groups in total. The predicted molar refractivity (Wildman–Crippen MR) is 66.1 cm³/mol. The van der Waals surface area contributed by atoms with Crippen LogP contribution in [0.4, 0.5) is 0 Å². The van der Waals surface area contributed by atoms with Gasteiger partial charge in [0, 0.05) is 19.2 Å². The van der Waals surface area contributed by atoms with Crippen LogP contribution in [0.25, 0.3) is 0 Å². The van der Waals surface area contributed by atoms with Gasteiger partial charge < -0.3 is 10.4 Å². The Morgan fingerprint density at radius 1 is 1.12 bits per heavy atom. The van der Waals surface area contributed by atoms with Gasteiger partial charge in [0.2, 0.25) is 0 Å². The molecular weight excluding hydrogens is 198 g/mol. The molecule has 0 radical (unpaired) electrons. The number of aliphatic hydroxyl groups is 1. The quantitative estimate of drug-likeness (QED) is 0.814. The van der Waals surface area contributed by atoms with Gasteiger partial charge in [-0.15, -0.1) is 0 Å². The summed E-state index contributed by atoms with van der Waals surface area (Å²) >= 11 is 0. The second kappa shape index (κ2) is 6.02. The topological polar surface area (TPSA) is 32.3 Å². The summed E-state index contributed by atoms with van der Waals surface area (Å²) in [6, 6.07) is 11.0. The van der Waals surface area contributed by atoms with Crippen molar-refractivity contribution in [1.29, 1.82) is 0 Å². The summed E-state index contributed by atoms with van der Waals surface area (Å²) < 4.78 is 0. The Morgan fingerprint density at radius 2 is 1.88 bits per heavy atom. The van der Waals surface area contributed by atoms with Crippen molar-refractivity contribution >= 4 is 0 Å². The smallest absolute Gasteiger partial charge is 0.0474 e. The highest BCUT2D eigenvalue weighted by molar-refractivity contribution is 5.14. The van der Waals surface area contributed by atoms with E-state index in [1.165, 1.54) is 31.2 Å². The Kier molecular flexibility index (Phi) is 4.37. The molecule has 1 saturated carbocycles. The average Bonchev–Trinajstić information content (AvgIpc) is 2.38. The fourth-order valence-corrected chi connectivity index (χ4v) is 2.54. The summed E-state index contributed by atoms with van der Waals surface area (Å²) in [4.78, 5) is 0. The standard InChI is InChI=1S/C14H21NO/c16-11-13-8-4-5-9-14(13)15-10-12-6-2-1-3-7-12/h1-3,6-7,13-16H,4-5,8-11H2/t13-,14+/m0/s1. The molecule has 1 aromatic rings. The summed E-state index contributed by atoms with van der Waals surface area (Å²) in [6.45, 7) is 1.24. The van der Waals surface area contributed by atoms with Crippen molar-refractivity contribution in [1.82, 2.24) is 5.32 Å². The number of benzene rings is 1. The molecule has 2 atom stereocenters. The van der Waals surface area contributed by atoms with Crippen LogP contribution in [0.1, 0.15) is 31.2 Å². The van der Waals surface area contributed by atoms with E-state index in [-0.39, 0.29) is 0 Å². The first-order valence-corrected chi connectivity index (χ1v) is 6.28. The number of rotatable bonds is 4. The number of nitrogens with one attached hydrogen (secondary N) is 1. The van der Waals surface area contributed by atoms with Gasteiger partial charge in [-0.3, -0.25) is 0 Å². The maximum Gasteiger partial charge on any atom is 0.0474 e. The highest BCUT2D eigenvalue weighted by Gasteiger charge is 2.23. The average molecular weight is 219 g/mol. The molecule has 0 heterocycles. The van der Waals surface area contributed by atoms with Gasteiger partial charge in [0.1, 0.15) is 0 Å². The normalized spacial score (nSPS) is 25.6. The summed E-state index contributed by atoms with van der Waals surface area (Å²) in [5, 5.41) is 12.9. The summed E-state index contributed by atoms with van der Waals surface area (Å²) in [6.07, 6.45) is 4.94. The van der Waals surface area contributed by atoms with Crippen LogP contribution in [0.5, 0.6) is 0 Å². The second-order valence-corrected chi connectivity index (χ2v) is 4.70. The first kappa shape index (κ1) is 11.6. The molecule has 0 bridgehead atoms. The van der Waals surface area contributed by atoms with Crippen LogP contribution in [0, 0.1) is 5.92 Å². The highest BCUT2D eigenvalue weighted by Crippen LogP contribution is 2.24. The van der Waals surface area contributed by atoms with Gasteiger partial charge in [-0.05, 0) is 24.3 Å². The van der Waals surface area contributed by atoms with Crippen molar-refractivity contribution in [3.63, 3.8) is 0 Å². The zero-order valence-corrected chi connectivity index (χ0v) is 9.73. The molecule has 0 aromatic heterocycles. The Morgan fingerprint density at radius 3 is 2.62 bits per heavy atom. The summed E-state index contributed by atoms with van der Waals surface area (Å²) in [5.74, 6) is 0.456. The largest absolute Gasteiger partial charge is 0.396 e. The molecule has 88 valence electrons. The lowest BCUT2D eigenvalue weighted by molar-refractivity contribution is 0.152. The Hall–Kier alpha value is -0.860. The van der Waals surface area contributed by atoms with Gasteiger partial charge in [0.25, 0.3) is 0 Å². The molecule has 1 aromatic carbocycles. The minimum absolute atomic E-state index is 0.326. The van der Waals surface area contributed by atoms with Gasteiger partial charge in [-0.2, -0.15) is 0 Å². The maximum atomic E-state index is 9.32. The molecule has 1 aliphatic carbocycles. The van der Waals surface area contributed by atoms with Gasteiger partial charge in [-0.1, -0.05) is 43.2 Å². The molecule has 0 amide bonds. The lowest BCUT2D eigenvalue weighted by Crippen LogP contribution is -2.39. The first-order valence-electron chi connectivity index (χ1n) is 6.28. The van der Waals surface area contributed by atoms with Crippen molar-refractivity contribution in [3.8, 4) is 0 Å². The molecule has 1 aliphatic rings. The minimum Gasteiger partial charge on any atom is -0.396 e. The van der Waals surface area contributed by atoms with Crippen molar-refractivity contribution in [2.45, 2.75) is 38.3 Å². The van der Waals surface area contributed by atoms with Crippen LogP contribution in [0.15, 0.2) is 30.3 Å². The fraction of sp³-hybridized carbons (Fsp3) is 0.571. The Bertz CT molecular complexity index is 299. The summed E-state index contributed by atoms with van der Waals surface area (Å²) in [5.41, 5.74) is 1.32. The minimum atomic E-state index is 0.326. The molecule has 2 rings (SSSR count). The SMILES string of the molecule is OC[C@@H]1CCCC[C@H]1NCc1ccccc1. The van der Waals surface area contributed by atoms with E-state index in [1.807, 2.05) is 6.07 Å². The third-order valence-electron chi connectivity index (χ3n) is 3.55. The van der Waals surface area contributed by atoms with Gasteiger partial charge >= 0.3 is 0 Å². The zero-order valence-electron chi connectivity index (χ0n) is 9.73. The molecule has 0 saturated heterocycles. The van der Waals surface area contributed by atoms with Crippen molar-refractivity contribution < 1.29 is 5.11 Å². The predicted octanol–water partition coefficient (Wildman–Crippen LogP) is 2.33. The van der Waals surface area contributed by atoms with Crippen molar-refractivity contribution in [3.05, 3.63) is 35.9 Å². The lowest BCUT2D eigenvalue weighted by Gasteiger charge is -2.31. The molecule has 2 heteroatoms. The number of hydrogen-bond donors (Lipinski definition) is 2. The third kappa shape index (κ3) is 3.06. The molecular formula is C14H21NO. The molecule has 1 fully saturated rings. The van der Waals surface area contributed by atoms with E-state index in [0.29, 0.717) is 18.6 Å². The summed E-state index contributed by atoms with van der Waals surface area (Å²) in [7, 11) is 0. The van der Waals surface area contributed by atoms with Gasteiger partial charge in [0.15, 0.2) is 0 Å². The Labute approximate surface area is 97.7 Å². The van der Waals surface area contributed by atoms with E-state index >= 15 is 0 Å². The van der Waals surface area contributed by atoms with Crippen molar-refractivity contribution in [2.75, 3.05) is 6.61 Å². The van der Waals surface area contributed by atoms with Gasteiger partial charge in [0.05, 0.1) is 0 Å². The third-order valence-corrected chi connectivity index (χ3v) is 3.55. The molecule has 0 aliphatic heterocycles. The van der Waals surface area contributed by atoms with Crippen LogP contribution >= 0.6 is 0 Å². The number of hydrogen-bond acceptors (Lipinski definition) is 2. The monoisotopic (exact) mass is 219 g/mol. The number of aliphatic hydroxyl groups excluding tert-OH is 1. The van der Waals surface area contributed by atoms with E-state index < -0.39 is 0 Å². The second-order valence-electron chi connectivity index (χ2n) is 4.70. The van der Waals surface area contributed by atoms with E-state index in [2.05, 4.69) is 29.6 Å². The lowest BCUT2D eigenvalue weighted by atomic mass is 9.85. The van der Waals surface area contributed by atoms with Gasteiger partial charge in [-0.25, -0.2) is 0 Å². The highest BCUT2D eigenvalue weighted by atomic mass is 16.3. The van der Waals surface area contributed by atoms with E-state index in [1.54, 1.807) is 0 Å². The first-order chi connectivity index (χ1) is 7.90. The Balaban J connectivity index is 1.84. The zero-order chi connectivity index (χ0) is 11.2. The maximum absolute atomic E-state index is 9.32. The van der Waals surface area contributed by atoms with Crippen LogP contribution in [0.3, 0.4) is 0 Å². The van der Waals surface area contributed by atoms with Crippen molar-refractivity contribution in [2.24, 2.45) is 5.92 Å². The van der Waals surface area contributed by atoms with Crippen LogP contribution in [-0.4, -0.2) is 17.8 Å². The van der Waals surface area contributed by atoms with E-state index in [0.717, 1.165) is 6.54 Å². The molecule has 2 nitrogen and oxygen atoms in total. The van der Waals surface area contributed by atoms with E-state index in [9.17, 15) is 5.11 Å². The van der Waals surface area contributed by atoms with Crippen LogP contribution in [-0.2, 0) is 6.54 Å². The van der Waals surface area contributed by atoms with Crippen LogP contribution in [0.2, 0.25) is 0 Å². The molecule has 0 unspecified atom stereocenters. The molecule has 16 heavy (non-hydrogen) atoms. The van der Waals surface area contributed by atoms with Crippen LogP contribution < -0.4 is 5.32 Å².